The van der Waals surface area contributed by atoms with E-state index in [0.717, 1.165) is 12.8 Å². The molecule has 3 heteroatoms. The van der Waals surface area contributed by atoms with Crippen LogP contribution in [-0.2, 0) is 6.42 Å². The van der Waals surface area contributed by atoms with Crippen LogP contribution in [0, 0.1) is 0 Å². The Labute approximate surface area is 460 Å². The van der Waals surface area contributed by atoms with Crippen LogP contribution in [0.25, 0.3) is 158 Å². The second kappa shape index (κ2) is 17.4. The molecular formula is C76H48N2S. The fourth-order valence-corrected chi connectivity index (χ4v) is 15.1. The van der Waals surface area contributed by atoms with Gasteiger partial charge in [0.25, 0.3) is 0 Å². The van der Waals surface area contributed by atoms with Gasteiger partial charge in [0, 0.05) is 58.7 Å². The van der Waals surface area contributed by atoms with Gasteiger partial charge in [0.1, 0.15) is 0 Å². The van der Waals surface area contributed by atoms with Crippen molar-refractivity contribution >= 4 is 114 Å². The van der Waals surface area contributed by atoms with Crippen LogP contribution in [0.1, 0.15) is 17.5 Å². The minimum atomic E-state index is 0.989. The van der Waals surface area contributed by atoms with E-state index in [9.17, 15) is 0 Å². The van der Waals surface area contributed by atoms with Gasteiger partial charge in [0.05, 0.1) is 22.1 Å². The van der Waals surface area contributed by atoms with Gasteiger partial charge in [0.2, 0.25) is 0 Å². The van der Waals surface area contributed by atoms with Gasteiger partial charge in [-0.25, -0.2) is 0 Å². The smallest absolute Gasteiger partial charge is 0.0541 e. The molecule has 0 bridgehead atoms. The van der Waals surface area contributed by atoms with Gasteiger partial charge in [-0.1, -0.05) is 200 Å². The third-order valence-corrected chi connectivity index (χ3v) is 18.3. The molecule has 0 unspecified atom stereocenters. The molecule has 0 aliphatic heterocycles. The van der Waals surface area contributed by atoms with E-state index in [0.29, 0.717) is 0 Å². The highest BCUT2D eigenvalue weighted by atomic mass is 32.1. The molecule has 0 N–H and O–H groups in total. The van der Waals surface area contributed by atoms with E-state index in [-0.39, 0.29) is 0 Å². The number of aromatic nitrogens is 2. The Morgan fingerprint density at radius 2 is 0.734 bits per heavy atom. The molecule has 0 amide bonds. The lowest BCUT2D eigenvalue weighted by Gasteiger charge is -2.24. The van der Waals surface area contributed by atoms with Crippen molar-refractivity contribution in [1.82, 2.24) is 9.13 Å². The molecule has 0 saturated heterocycles. The number of hydrogen-bond acceptors (Lipinski definition) is 1. The lowest BCUT2D eigenvalue weighted by atomic mass is 9.80. The topological polar surface area (TPSA) is 9.86 Å². The van der Waals surface area contributed by atoms with Gasteiger partial charge in [-0.15, -0.1) is 11.3 Å². The van der Waals surface area contributed by atoms with E-state index >= 15 is 0 Å². The average molecular weight is 1020 g/mol. The highest BCUT2D eigenvalue weighted by Crippen LogP contribution is 2.51. The summed E-state index contributed by atoms with van der Waals surface area (Å²) < 4.78 is 7.44. The zero-order valence-electron chi connectivity index (χ0n) is 43.1. The van der Waals surface area contributed by atoms with E-state index in [4.69, 9.17) is 0 Å². The largest absolute Gasteiger partial charge is 0.309 e. The number of hydrogen-bond donors (Lipinski definition) is 0. The molecule has 368 valence electrons. The molecule has 16 aromatic rings. The summed E-state index contributed by atoms with van der Waals surface area (Å²) in [6.07, 6.45) is 6.82. The highest BCUT2D eigenvalue weighted by molar-refractivity contribution is 7.26. The SMILES string of the molecule is C1=Cc2c(c(-c3ccc4c(c3)c3ccccc3n4-c3ccccc3)c3ccccc3c2-c2cccc3c2sc2cc(-c4c5ccccc5c(-c5ccc6c(c5)c5ccccc5n6-c5ccccc5)c5ccccc45)ccc23)CC1. The number of para-hydroxylation sites is 4. The molecule has 17 rings (SSSR count). The van der Waals surface area contributed by atoms with Gasteiger partial charge in [-0.2, -0.15) is 0 Å². The van der Waals surface area contributed by atoms with Crippen LogP contribution in [0.3, 0.4) is 0 Å². The first-order valence-electron chi connectivity index (χ1n) is 27.5. The van der Waals surface area contributed by atoms with E-state index in [1.807, 2.05) is 11.3 Å². The zero-order valence-corrected chi connectivity index (χ0v) is 43.9. The summed E-state index contributed by atoms with van der Waals surface area (Å²) in [7, 11) is 0. The molecule has 0 saturated carbocycles. The molecule has 1 aliphatic rings. The lowest BCUT2D eigenvalue weighted by molar-refractivity contribution is 0.991. The number of benzene rings is 13. The fraction of sp³-hybridized carbons (Fsp3) is 0.0263. The first-order chi connectivity index (χ1) is 39.2. The average Bonchev–Trinajstić information content (AvgIpc) is 4.40. The van der Waals surface area contributed by atoms with Crippen LogP contribution < -0.4 is 0 Å². The zero-order chi connectivity index (χ0) is 51.7. The molecule has 3 heterocycles. The Hall–Kier alpha value is -9.80. The Morgan fingerprint density at radius 1 is 0.304 bits per heavy atom. The van der Waals surface area contributed by atoms with E-state index < -0.39 is 0 Å². The van der Waals surface area contributed by atoms with Gasteiger partial charge < -0.3 is 9.13 Å². The maximum absolute atomic E-state index is 2.48. The molecule has 3 aromatic heterocycles. The molecule has 0 fully saturated rings. The summed E-state index contributed by atoms with van der Waals surface area (Å²) in [5, 5.41) is 15.3. The second-order valence-corrected chi connectivity index (χ2v) is 22.4. The summed E-state index contributed by atoms with van der Waals surface area (Å²) in [6, 6.07) is 95.1. The number of rotatable bonds is 6. The van der Waals surface area contributed by atoms with Gasteiger partial charge >= 0.3 is 0 Å². The summed E-state index contributed by atoms with van der Waals surface area (Å²) in [5.74, 6) is 0. The van der Waals surface area contributed by atoms with Crippen LogP contribution in [0.4, 0.5) is 0 Å². The standard InChI is InChI=1S/C76H48N2S/c1-3-20-50(21-4-1)77-67-36-17-15-24-52(67)65-44-47(39-42-69(65)77)72-55-26-7-9-28-57(55)74(58-29-10-8-27-56(58)72)49-38-41-54-63-34-19-35-64(76(63)79-71(54)46-49)75-61-32-13-11-30-59(61)73(60-31-12-14-33-62(60)75)48-40-43-70-66(45-48)53-25-16-18-37-68(53)78(70)51-22-5-2-6-23-51/h1-11,13-30,32-46H,12,31H2. The normalized spacial score (nSPS) is 12.7. The Balaban J connectivity index is 0.833. The molecule has 79 heavy (non-hydrogen) atoms. The van der Waals surface area contributed by atoms with Crippen molar-refractivity contribution in [2.24, 2.45) is 0 Å². The lowest BCUT2D eigenvalue weighted by Crippen LogP contribution is -2.02. The molecule has 0 spiro atoms. The van der Waals surface area contributed by atoms with Crippen molar-refractivity contribution < 1.29 is 0 Å². The minimum absolute atomic E-state index is 0.989. The van der Waals surface area contributed by atoms with E-state index in [1.54, 1.807) is 0 Å². The second-order valence-electron chi connectivity index (χ2n) is 21.3. The van der Waals surface area contributed by atoms with Gasteiger partial charge in [-0.05, 0) is 162 Å². The first kappa shape index (κ1) is 44.3. The number of fused-ring (bicyclic) bond motifs is 13. The first-order valence-corrected chi connectivity index (χ1v) is 28.4. The third-order valence-electron chi connectivity index (χ3n) is 17.1. The number of thiophene rings is 1. The van der Waals surface area contributed by atoms with Crippen molar-refractivity contribution in [3.05, 3.63) is 272 Å². The fourth-order valence-electron chi connectivity index (χ4n) is 13.9. The Morgan fingerprint density at radius 3 is 1.29 bits per heavy atom. The summed E-state index contributed by atoms with van der Waals surface area (Å²) >= 11 is 1.94. The van der Waals surface area contributed by atoms with E-state index in [2.05, 4.69) is 276 Å². The van der Waals surface area contributed by atoms with Crippen molar-refractivity contribution in [2.75, 3.05) is 0 Å². The van der Waals surface area contributed by atoms with Crippen molar-refractivity contribution in [2.45, 2.75) is 12.8 Å². The molecule has 1 aliphatic carbocycles. The maximum atomic E-state index is 2.48. The number of nitrogens with zero attached hydrogens (tertiary/aromatic N) is 2. The summed E-state index contributed by atoms with van der Waals surface area (Å²) in [4.78, 5) is 0. The maximum Gasteiger partial charge on any atom is 0.0541 e. The minimum Gasteiger partial charge on any atom is -0.309 e. The monoisotopic (exact) mass is 1020 g/mol. The molecule has 13 aromatic carbocycles. The summed E-state index contributed by atoms with van der Waals surface area (Å²) in [5.41, 5.74) is 20.3. The van der Waals surface area contributed by atoms with Gasteiger partial charge in [-0.3, -0.25) is 0 Å². The van der Waals surface area contributed by atoms with Crippen LogP contribution in [0.2, 0.25) is 0 Å². The van der Waals surface area contributed by atoms with Crippen LogP contribution in [0.15, 0.2) is 261 Å². The number of allylic oxidation sites excluding steroid dienone is 1. The van der Waals surface area contributed by atoms with Crippen molar-refractivity contribution in [1.29, 1.82) is 0 Å². The van der Waals surface area contributed by atoms with Crippen LogP contribution >= 0.6 is 11.3 Å². The van der Waals surface area contributed by atoms with E-state index in [1.165, 1.54) is 163 Å². The highest BCUT2D eigenvalue weighted by Gasteiger charge is 2.26. The Bertz CT molecular complexity index is 5190. The molecule has 0 radical (unpaired) electrons. The van der Waals surface area contributed by atoms with Crippen LogP contribution in [0.5, 0.6) is 0 Å². The van der Waals surface area contributed by atoms with Gasteiger partial charge in [0.15, 0.2) is 0 Å². The molecular weight excluding hydrogens is 973 g/mol. The van der Waals surface area contributed by atoms with Crippen LogP contribution in [-0.4, -0.2) is 9.13 Å². The van der Waals surface area contributed by atoms with Crippen molar-refractivity contribution in [3.63, 3.8) is 0 Å². The summed E-state index contributed by atoms with van der Waals surface area (Å²) in [6.45, 7) is 0. The van der Waals surface area contributed by atoms with Crippen molar-refractivity contribution in [3.8, 4) is 55.9 Å². The predicted molar refractivity (Wildman–Crippen MR) is 340 cm³/mol. The molecule has 2 nitrogen and oxygen atoms in total. The predicted octanol–water partition coefficient (Wildman–Crippen LogP) is 21.3. The Kier molecular flexibility index (Phi) is 9.74. The quantitative estimate of drug-likeness (QED) is 0.147. The molecule has 0 atom stereocenters. The third kappa shape index (κ3) is 6.58.